The number of Topliss-reactive ketones (excluding diaryl/α,β-unsaturated/α-hetero) is 1. The summed E-state index contributed by atoms with van der Waals surface area (Å²) >= 11 is 0. The Morgan fingerprint density at radius 3 is 2.41 bits per heavy atom. The number of rotatable bonds is 2. The minimum atomic E-state index is -0.467. The Hall–Kier alpha value is -2.88. The first-order valence-corrected chi connectivity index (χ1v) is 6.86. The molecule has 1 N–H and O–H groups in total. The van der Waals surface area contributed by atoms with E-state index in [4.69, 9.17) is 4.42 Å². The van der Waals surface area contributed by atoms with Crippen LogP contribution in [-0.4, -0.2) is 10.9 Å². The quantitative estimate of drug-likeness (QED) is 0.578. The van der Waals surface area contributed by atoms with E-state index in [1.54, 1.807) is 19.1 Å². The fourth-order valence-electron chi connectivity index (χ4n) is 2.67. The van der Waals surface area contributed by atoms with E-state index >= 15 is 0 Å². The molecule has 1 heterocycles. The van der Waals surface area contributed by atoms with Gasteiger partial charge in [-0.15, -0.1) is 0 Å². The highest BCUT2D eigenvalue weighted by Crippen LogP contribution is 2.34. The van der Waals surface area contributed by atoms with Crippen LogP contribution in [0.2, 0.25) is 0 Å². The van der Waals surface area contributed by atoms with Gasteiger partial charge in [0.2, 0.25) is 0 Å². The Morgan fingerprint density at radius 2 is 1.77 bits per heavy atom. The van der Waals surface area contributed by atoms with Crippen molar-refractivity contribution in [1.29, 1.82) is 0 Å². The normalized spacial score (nSPS) is 10.8. The van der Waals surface area contributed by atoms with Crippen molar-refractivity contribution in [2.45, 2.75) is 13.8 Å². The molecule has 0 aliphatic heterocycles. The van der Waals surface area contributed by atoms with Crippen molar-refractivity contribution in [2.24, 2.45) is 0 Å². The predicted octanol–water partition coefficient (Wildman–Crippen LogP) is 3.68. The summed E-state index contributed by atoms with van der Waals surface area (Å²) in [6, 6.07) is 12.1. The van der Waals surface area contributed by atoms with Gasteiger partial charge in [0.15, 0.2) is 5.78 Å². The molecule has 0 unspecified atom stereocenters. The maximum absolute atomic E-state index is 12.3. The number of fused-ring (bicyclic) bond motifs is 1. The van der Waals surface area contributed by atoms with Gasteiger partial charge in [0.05, 0.1) is 16.5 Å². The maximum Gasteiger partial charge on any atom is 0.344 e. The van der Waals surface area contributed by atoms with Crippen molar-refractivity contribution < 1.29 is 14.3 Å². The summed E-state index contributed by atoms with van der Waals surface area (Å²) in [7, 11) is 0. The second-order valence-corrected chi connectivity index (χ2v) is 5.15. The van der Waals surface area contributed by atoms with Crippen molar-refractivity contribution in [2.75, 3.05) is 0 Å². The first kappa shape index (κ1) is 14.1. The van der Waals surface area contributed by atoms with Crippen molar-refractivity contribution >= 4 is 16.8 Å². The Morgan fingerprint density at radius 1 is 1.09 bits per heavy atom. The van der Waals surface area contributed by atoms with Crippen LogP contribution in [0.5, 0.6) is 5.75 Å². The fraction of sp³-hybridized carbons (Fsp3) is 0.111. The third-order valence-electron chi connectivity index (χ3n) is 3.74. The molecule has 2 aromatic carbocycles. The molecule has 1 aromatic heterocycles. The SMILES string of the molecule is CC(=O)c1ccc2oc(=O)c(-c3ccccc3)c(C)c2c1O. The van der Waals surface area contributed by atoms with Crippen LogP contribution in [0.3, 0.4) is 0 Å². The highest BCUT2D eigenvalue weighted by Gasteiger charge is 2.18. The third-order valence-corrected chi connectivity index (χ3v) is 3.74. The Balaban J connectivity index is 2.44. The van der Waals surface area contributed by atoms with Crippen LogP contribution in [0.15, 0.2) is 51.7 Å². The van der Waals surface area contributed by atoms with Gasteiger partial charge in [-0.2, -0.15) is 0 Å². The standard InChI is InChI=1S/C18H14O4/c1-10-15(12-6-4-3-5-7-12)18(21)22-14-9-8-13(11(2)19)17(20)16(10)14/h3-9,20H,1-2H3. The summed E-state index contributed by atoms with van der Waals surface area (Å²) in [6.45, 7) is 3.12. The van der Waals surface area contributed by atoms with Crippen LogP contribution in [0.25, 0.3) is 22.1 Å². The van der Waals surface area contributed by atoms with Crippen LogP contribution >= 0.6 is 0 Å². The number of benzene rings is 2. The number of carbonyl (C=O) groups excluding carboxylic acids is 1. The first-order chi connectivity index (χ1) is 10.5. The lowest BCUT2D eigenvalue weighted by Crippen LogP contribution is -2.06. The molecule has 0 saturated heterocycles. The Kier molecular flexibility index (Phi) is 3.29. The number of phenolic OH excluding ortho intramolecular Hbond substituents is 1. The average Bonchev–Trinajstić information content (AvgIpc) is 2.47. The van der Waals surface area contributed by atoms with Gasteiger partial charge in [-0.3, -0.25) is 4.79 Å². The monoisotopic (exact) mass is 294 g/mol. The largest absolute Gasteiger partial charge is 0.506 e. The van der Waals surface area contributed by atoms with Gasteiger partial charge >= 0.3 is 5.63 Å². The molecule has 0 radical (unpaired) electrons. The minimum absolute atomic E-state index is 0.150. The molecule has 3 aromatic rings. The van der Waals surface area contributed by atoms with Gasteiger partial charge in [0, 0.05) is 0 Å². The van der Waals surface area contributed by atoms with Crippen LogP contribution in [0, 0.1) is 6.92 Å². The molecule has 0 spiro atoms. The van der Waals surface area contributed by atoms with E-state index in [9.17, 15) is 14.7 Å². The van der Waals surface area contributed by atoms with Gasteiger partial charge in [0.1, 0.15) is 11.3 Å². The molecule has 0 fully saturated rings. The van der Waals surface area contributed by atoms with Gasteiger partial charge in [-0.1, -0.05) is 30.3 Å². The number of hydrogen-bond donors (Lipinski definition) is 1. The molecule has 0 bridgehead atoms. The summed E-state index contributed by atoms with van der Waals surface area (Å²) in [4.78, 5) is 23.9. The number of aromatic hydroxyl groups is 1. The van der Waals surface area contributed by atoms with Crippen LogP contribution in [0.1, 0.15) is 22.8 Å². The third kappa shape index (κ3) is 2.09. The van der Waals surface area contributed by atoms with Crippen molar-refractivity contribution in [3.8, 4) is 16.9 Å². The molecule has 0 aliphatic carbocycles. The second kappa shape index (κ2) is 5.15. The molecule has 0 aliphatic rings. The molecule has 22 heavy (non-hydrogen) atoms. The van der Waals surface area contributed by atoms with E-state index in [0.717, 1.165) is 0 Å². The molecular weight excluding hydrogens is 280 g/mol. The van der Waals surface area contributed by atoms with Gasteiger partial charge in [-0.25, -0.2) is 4.79 Å². The summed E-state index contributed by atoms with van der Waals surface area (Å²) in [6.07, 6.45) is 0. The summed E-state index contributed by atoms with van der Waals surface area (Å²) in [5.41, 5.74) is 1.71. The molecule has 0 saturated carbocycles. The zero-order valence-corrected chi connectivity index (χ0v) is 12.2. The minimum Gasteiger partial charge on any atom is -0.506 e. The zero-order chi connectivity index (χ0) is 15.9. The van der Waals surface area contributed by atoms with E-state index in [1.807, 2.05) is 18.2 Å². The van der Waals surface area contributed by atoms with Crippen molar-refractivity contribution in [1.82, 2.24) is 0 Å². The smallest absolute Gasteiger partial charge is 0.344 e. The molecule has 0 atom stereocenters. The Labute approximate surface area is 126 Å². The van der Waals surface area contributed by atoms with Gasteiger partial charge < -0.3 is 9.52 Å². The lowest BCUT2D eigenvalue weighted by Gasteiger charge is -2.11. The van der Waals surface area contributed by atoms with Crippen molar-refractivity contribution in [3.05, 3.63) is 64.0 Å². The lowest BCUT2D eigenvalue weighted by atomic mass is 9.97. The predicted molar refractivity (Wildman–Crippen MR) is 84.3 cm³/mol. The molecular formula is C18H14O4. The van der Waals surface area contributed by atoms with Crippen LogP contribution in [-0.2, 0) is 0 Å². The average molecular weight is 294 g/mol. The van der Waals surface area contributed by atoms with E-state index in [-0.39, 0.29) is 22.7 Å². The lowest BCUT2D eigenvalue weighted by molar-refractivity contribution is 0.101. The number of hydrogen-bond acceptors (Lipinski definition) is 4. The van der Waals surface area contributed by atoms with E-state index in [1.165, 1.54) is 19.1 Å². The van der Waals surface area contributed by atoms with Gasteiger partial charge in [0.25, 0.3) is 0 Å². The van der Waals surface area contributed by atoms with Gasteiger partial charge in [-0.05, 0) is 37.1 Å². The molecule has 4 nitrogen and oxygen atoms in total. The van der Waals surface area contributed by atoms with Crippen LogP contribution in [0.4, 0.5) is 0 Å². The highest BCUT2D eigenvalue weighted by atomic mass is 16.4. The van der Waals surface area contributed by atoms with E-state index in [2.05, 4.69) is 0 Å². The first-order valence-electron chi connectivity index (χ1n) is 6.86. The molecule has 110 valence electrons. The Bertz CT molecular complexity index is 937. The fourth-order valence-corrected chi connectivity index (χ4v) is 2.67. The molecule has 0 amide bonds. The summed E-state index contributed by atoms with van der Waals surface area (Å²) in [5, 5.41) is 10.8. The topological polar surface area (TPSA) is 67.5 Å². The van der Waals surface area contributed by atoms with E-state index < -0.39 is 5.63 Å². The number of carbonyl (C=O) groups is 1. The zero-order valence-electron chi connectivity index (χ0n) is 12.2. The number of aryl methyl sites for hydroxylation is 1. The highest BCUT2D eigenvalue weighted by molar-refractivity contribution is 6.04. The summed E-state index contributed by atoms with van der Waals surface area (Å²) in [5.74, 6) is -0.394. The maximum atomic E-state index is 12.3. The van der Waals surface area contributed by atoms with E-state index in [0.29, 0.717) is 22.1 Å². The second-order valence-electron chi connectivity index (χ2n) is 5.15. The number of phenols is 1. The number of ketones is 1. The molecule has 3 rings (SSSR count). The molecule has 4 heteroatoms. The van der Waals surface area contributed by atoms with Crippen molar-refractivity contribution in [3.63, 3.8) is 0 Å². The summed E-state index contributed by atoms with van der Waals surface area (Å²) < 4.78 is 5.32. The van der Waals surface area contributed by atoms with Crippen LogP contribution < -0.4 is 5.63 Å².